The van der Waals surface area contributed by atoms with E-state index in [4.69, 9.17) is 15.5 Å². The average molecular weight is 359 g/mol. The van der Waals surface area contributed by atoms with Crippen LogP contribution in [0.15, 0.2) is 29.3 Å². The summed E-state index contributed by atoms with van der Waals surface area (Å²) in [6.45, 7) is 6.33. The molecular weight excluding hydrogens is 324 g/mol. The molecule has 0 bridgehead atoms. The lowest BCUT2D eigenvalue weighted by Crippen LogP contribution is -2.44. The first-order valence-corrected chi connectivity index (χ1v) is 9.97. The molecule has 1 aromatic carbocycles. The number of aliphatic imine (C=N–C) groups is 1. The molecule has 0 aromatic heterocycles. The topological polar surface area (TPSA) is 54.1 Å². The number of piperidine rings is 2. The van der Waals surface area contributed by atoms with Crippen LogP contribution >= 0.6 is 0 Å². The molecule has 3 atom stereocenters. The SMILES string of the molecule is COc1ccc(C2C(CN=C(N)N3CCCC(C)C3)CCCN2C)cc1. The van der Waals surface area contributed by atoms with E-state index in [2.05, 4.69) is 48.0 Å². The monoisotopic (exact) mass is 358 g/mol. The molecule has 5 heteroatoms. The summed E-state index contributed by atoms with van der Waals surface area (Å²) < 4.78 is 5.31. The number of likely N-dealkylation sites (tertiary alicyclic amines) is 2. The van der Waals surface area contributed by atoms with Gasteiger partial charge in [0.05, 0.1) is 7.11 Å². The Balaban J connectivity index is 1.70. The number of hydrogen-bond acceptors (Lipinski definition) is 3. The molecule has 3 unspecified atom stereocenters. The summed E-state index contributed by atoms with van der Waals surface area (Å²) in [4.78, 5) is 9.55. The second-order valence-corrected chi connectivity index (χ2v) is 7.99. The van der Waals surface area contributed by atoms with Crippen LogP contribution < -0.4 is 10.5 Å². The number of nitrogens with zero attached hydrogens (tertiary/aromatic N) is 3. The summed E-state index contributed by atoms with van der Waals surface area (Å²) >= 11 is 0. The molecule has 2 aliphatic heterocycles. The molecule has 3 rings (SSSR count). The highest BCUT2D eigenvalue weighted by molar-refractivity contribution is 5.78. The minimum Gasteiger partial charge on any atom is -0.497 e. The maximum Gasteiger partial charge on any atom is 0.191 e. The molecule has 144 valence electrons. The van der Waals surface area contributed by atoms with Crippen LogP contribution in [-0.2, 0) is 0 Å². The number of rotatable bonds is 4. The molecule has 0 radical (unpaired) electrons. The summed E-state index contributed by atoms with van der Waals surface area (Å²) in [5, 5.41) is 0. The third kappa shape index (κ3) is 4.50. The van der Waals surface area contributed by atoms with Crippen molar-refractivity contribution in [2.75, 3.05) is 40.3 Å². The lowest BCUT2D eigenvalue weighted by molar-refractivity contribution is 0.125. The van der Waals surface area contributed by atoms with Gasteiger partial charge in [-0.1, -0.05) is 19.1 Å². The second-order valence-electron chi connectivity index (χ2n) is 7.99. The van der Waals surface area contributed by atoms with Gasteiger partial charge in [0.15, 0.2) is 5.96 Å². The molecule has 0 saturated carbocycles. The van der Waals surface area contributed by atoms with E-state index < -0.39 is 0 Å². The van der Waals surface area contributed by atoms with Crippen molar-refractivity contribution in [3.8, 4) is 5.75 Å². The number of guanidine groups is 1. The summed E-state index contributed by atoms with van der Waals surface area (Å²) in [7, 11) is 3.93. The Hall–Kier alpha value is -1.75. The van der Waals surface area contributed by atoms with Gasteiger partial charge in [-0.15, -0.1) is 0 Å². The maximum atomic E-state index is 6.33. The van der Waals surface area contributed by atoms with Gasteiger partial charge in [0.2, 0.25) is 0 Å². The molecule has 0 spiro atoms. The number of ether oxygens (including phenoxy) is 1. The van der Waals surface area contributed by atoms with Crippen molar-refractivity contribution in [3.05, 3.63) is 29.8 Å². The summed E-state index contributed by atoms with van der Waals surface area (Å²) in [5.74, 6) is 2.86. The first-order valence-electron chi connectivity index (χ1n) is 9.97. The average Bonchev–Trinajstić information content (AvgIpc) is 2.66. The normalized spacial score (nSPS) is 28.2. The van der Waals surface area contributed by atoms with E-state index >= 15 is 0 Å². The highest BCUT2D eigenvalue weighted by atomic mass is 16.5. The molecule has 0 amide bonds. The zero-order chi connectivity index (χ0) is 18.5. The largest absolute Gasteiger partial charge is 0.497 e. The Labute approximate surface area is 158 Å². The summed E-state index contributed by atoms with van der Waals surface area (Å²) in [5.41, 5.74) is 7.68. The van der Waals surface area contributed by atoms with Crippen LogP contribution in [-0.4, -0.2) is 56.1 Å². The molecular formula is C21H34N4O. The Morgan fingerprint density at radius 2 is 1.92 bits per heavy atom. The minimum atomic E-state index is 0.395. The molecule has 26 heavy (non-hydrogen) atoms. The number of hydrogen-bond donors (Lipinski definition) is 1. The van der Waals surface area contributed by atoms with Gasteiger partial charge in [0.25, 0.3) is 0 Å². The van der Waals surface area contributed by atoms with Crippen molar-refractivity contribution < 1.29 is 4.74 Å². The highest BCUT2D eigenvalue weighted by Crippen LogP contribution is 2.35. The van der Waals surface area contributed by atoms with E-state index in [9.17, 15) is 0 Å². The van der Waals surface area contributed by atoms with Crippen LogP contribution in [0.2, 0.25) is 0 Å². The fraction of sp³-hybridized carbons (Fsp3) is 0.667. The van der Waals surface area contributed by atoms with Crippen molar-refractivity contribution in [2.24, 2.45) is 22.6 Å². The Morgan fingerprint density at radius 1 is 1.19 bits per heavy atom. The van der Waals surface area contributed by atoms with Crippen LogP contribution in [0.4, 0.5) is 0 Å². The standard InChI is InChI=1S/C21H34N4O/c1-16-6-4-13-25(15-16)21(22)23-14-18-7-5-12-24(2)20(18)17-8-10-19(26-3)11-9-17/h8-11,16,18,20H,4-7,12-15H2,1-3H3,(H2,22,23). The van der Waals surface area contributed by atoms with Crippen molar-refractivity contribution in [3.63, 3.8) is 0 Å². The van der Waals surface area contributed by atoms with E-state index in [0.29, 0.717) is 17.9 Å². The van der Waals surface area contributed by atoms with E-state index in [1.165, 1.54) is 31.2 Å². The van der Waals surface area contributed by atoms with Crippen molar-refractivity contribution in [1.29, 1.82) is 0 Å². The molecule has 5 nitrogen and oxygen atoms in total. The van der Waals surface area contributed by atoms with Crippen LogP contribution in [0.3, 0.4) is 0 Å². The zero-order valence-electron chi connectivity index (χ0n) is 16.5. The molecule has 0 aliphatic carbocycles. The third-order valence-corrected chi connectivity index (χ3v) is 5.93. The summed E-state index contributed by atoms with van der Waals surface area (Å²) in [6, 6.07) is 8.89. The van der Waals surface area contributed by atoms with Crippen LogP contribution in [0, 0.1) is 11.8 Å². The van der Waals surface area contributed by atoms with Gasteiger partial charge in [0, 0.05) is 25.7 Å². The van der Waals surface area contributed by atoms with E-state index in [0.717, 1.165) is 37.9 Å². The van der Waals surface area contributed by atoms with Crippen LogP contribution in [0.25, 0.3) is 0 Å². The van der Waals surface area contributed by atoms with E-state index in [-0.39, 0.29) is 0 Å². The van der Waals surface area contributed by atoms with E-state index in [1.807, 2.05) is 0 Å². The van der Waals surface area contributed by atoms with Crippen molar-refractivity contribution in [2.45, 2.75) is 38.6 Å². The molecule has 2 saturated heterocycles. The first-order chi connectivity index (χ1) is 12.6. The van der Waals surface area contributed by atoms with Gasteiger partial charge < -0.3 is 15.4 Å². The van der Waals surface area contributed by atoms with Gasteiger partial charge >= 0.3 is 0 Å². The Bertz CT molecular complexity index is 601. The second kappa shape index (κ2) is 8.76. The highest BCUT2D eigenvalue weighted by Gasteiger charge is 2.30. The van der Waals surface area contributed by atoms with Crippen molar-refractivity contribution in [1.82, 2.24) is 9.80 Å². The molecule has 2 fully saturated rings. The lowest BCUT2D eigenvalue weighted by Gasteiger charge is -2.39. The number of nitrogens with two attached hydrogens (primary N) is 1. The number of benzene rings is 1. The van der Waals surface area contributed by atoms with Gasteiger partial charge in [-0.25, -0.2) is 0 Å². The smallest absolute Gasteiger partial charge is 0.191 e. The summed E-state index contributed by atoms with van der Waals surface area (Å²) in [6.07, 6.45) is 4.95. The van der Waals surface area contributed by atoms with Gasteiger partial charge in [0.1, 0.15) is 5.75 Å². The fourth-order valence-corrected chi connectivity index (χ4v) is 4.49. The molecule has 1 aromatic rings. The first kappa shape index (κ1) is 19.0. The number of methoxy groups -OCH3 is 1. The third-order valence-electron chi connectivity index (χ3n) is 5.93. The predicted octanol–water partition coefficient (Wildman–Crippen LogP) is 3.12. The van der Waals surface area contributed by atoms with Crippen molar-refractivity contribution >= 4 is 5.96 Å². The zero-order valence-corrected chi connectivity index (χ0v) is 16.5. The van der Waals surface area contributed by atoms with Gasteiger partial charge in [-0.2, -0.15) is 0 Å². The molecule has 2 N–H and O–H groups in total. The van der Waals surface area contributed by atoms with E-state index in [1.54, 1.807) is 7.11 Å². The van der Waals surface area contributed by atoms with Crippen LogP contribution in [0.5, 0.6) is 5.75 Å². The minimum absolute atomic E-state index is 0.395. The molecule has 2 heterocycles. The quantitative estimate of drug-likeness (QED) is 0.664. The van der Waals surface area contributed by atoms with Gasteiger partial charge in [-0.05, 0) is 68.8 Å². The fourth-order valence-electron chi connectivity index (χ4n) is 4.49. The predicted molar refractivity (Wildman–Crippen MR) is 108 cm³/mol. The van der Waals surface area contributed by atoms with Gasteiger partial charge in [-0.3, -0.25) is 9.89 Å². The maximum absolute atomic E-state index is 6.33. The van der Waals surface area contributed by atoms with Crippen LogP contribution in [0.1, 0.15) is 44.2 Å². The Morgan fingerprint density at radius 3 is 2.62 bits per heavy atom. The Kier molecular flexibility index (Phi) is 6.41. The lowest BCUT2D eigenvalue weighted by atomic mass is 9.85. The molecule has 2 aliphatic rings.